The molecule has 2 aromatic rings. The third kappa shape index (κ3) is 2.79. The van der Waals surface area contributed by atoms with Crippen molar-refractivity contribution in [2.24, 2.45) is 0 Å². The van der Waals surface area contributed by atoms with E-state index in [4.69, 9.17) is 5.11 Å². The van der Waals surface area contributed by atoms with Gasteiger partial charge in [-0.1, -0.05) is 50.2 Å². The van der Waals surface area contributed by atoms with Gasteiger partial charge in [0.1, 0.15) is 0 Å². The lowest BCUT2D eigenvalue weighted by Crippen LogP contribution is -2.20. The van der Waals surface area contributed by atoms with E-state index < -0.39 is 17.4 Å². The largest absolute Gasteiger partial charge is 0.478 e. The molecule has 0 radical (unpaired) electrons. The molecule has 0 saturated carbocycles. The molecule has 2 aromatic carbocycles. The predicted molar refractivity (Wildman–Crippen MR) is 78.9 cm³/mol. The van der Waals surface area contributed by atoms with Gasteiger partial charge in [-0.15, -0.1) is 0 Å². The van der Waals surface area contributed by atoms with Crippen molar-refractivity contribution in [3.63, 3.8) is 0 Å². The Bertz CT molecular complexity index is 687. The first-order valence-electron chi connectivity index (χ1n) is 6.50. The van der Waals surface area contributed by atoms with Crippen LogP contribution in [0, 0.1) is 0 Å². The lowest BCUT2D eigenvalue weighted by molar-refractivity contribution is 0.0651. The lowest BCUT2D eigenvalue weighted by Gasteiger charge is -2.26. The van der Waals surface area contributed by atoms with Gasteiger partial charge >= 0.3 is 11.9 Å². The molecule has 0 heterocycles. The Hall–Kier alpha value is -2.62. The highest BCUT2D eigenvalue weighted by atomic mass is 16.4. The zero-order valence-corrected chi connectivity index (χ0v) is 11.8. The van der Waals surface area contributed by atoms with Crippen LogP contribution in [-0.4, -0.2) is 22.2 Å². The third-order valence-corrected chi connectivity index (χ3v) is 3.70. The van der Waals surface area contributed by atoms with E-state index in [1.165, 1.54) is 12.1 Å². The molecule has 21 heavy (non-hydrogen) atoms. The molecule has 0 atom stereocenters. The van der Waals surface area contributed by atoms with Gasteiger partial charge in [-0.2, -0.15) is 0 Å². The minimum absolute atomic E-state index is 0.191. The Kier molecular flexibility index (Phi) is 3.80. The molecule has 0 aromatic heterocycles. The second kappa shape index (κ2) is 5.40. The maximum atomic E-state index is 11.3. The van der Waals surface area contributed by atoms with Gasteiger partial charge in [0.15, 0.2) is 0 Å². The highest BCUT2D eigenvalue weighted by Gasteiger charge is 2.26. The minimum atomic E-state index is -1.24. The fourth-order valence-corrected chi connectivity index (χ4v) is 2.32. The van der Waals surface area contributed by atoms with Gasteiger partial charge in [0, 0.05) is 5.41 Å². The van der Waals surface area contributed by atoms with Crippen LogP contribution in [0.2, 0.25) is 0 Å². The van der Waals surface area contributed by atoms with Gasteiger partial charge in [0.05, 0.1) is 11.1 Å². The van der Waals surface area contributed by atoms with Crippen molar-refractivity contribution in [3.8, 4) is 0 Å². The number of aromatic carboxylic acids is 2. The monoisotopic (exact) mass is 284 g/mol. The Morgan fingerprint density at radius 2 is 1.38 bits per heavy atom. The van der Waals surface area contributed by atoms with Crippen LogP contribution in [-0.2, 0) is 5.41 Å². The van der Waals surface area contributed by atoms with Crippen molar-refractivity contribution >= 4 is 11.9 Å². The normalized spacial score (nSPS) is 11.1. The fourth-order valence-electron chi connectivity index (χ4n) is 2.32. The summed E-state index contributed by atoms with van der Waals surface area (Å²) in [5, 5.41) is 18.3. The highest BCUT2D eigenvalue weighted by molar-refractivity contribution is 6.01. The van der Waals surface area contributed by atoms with Crippen molar-refractivity contribution < 1.29 is 19.8 Å². The van der Waals surface area contributed by atoms with Crippen LogP contribution >= 0.6 is 0 Å². The Labute approximate surface area is 122 Å². The second-order valence-electron chi connectivity index (χ2n) is 5.36. The summed E-state index contributed by atoms with van der Waals surface area (Å²) >= 11 is 0. The van der Waals surface area contributed by atoms with E-state index in [0.29, 0.717) is 0 Å². The molecule has 0 bridgehead atoms. The third-order valence-electron chi connectivity index (χ3n) is 3.70. The number of benzene rings is 2. The second-order valence-corrected chi connectivity index (χ2v) is 5.36. The number of rotatable bonds is 4. The maximum absolute atomic E-state index is 11.3. The van der Waals surface area contributed by atoms with Crippen LogP contribution in [0.1, 0.15) is 45.7 Å². The molecule has 0 aliphatic heterocycles. The van der Waals surface area contributed by atoms with E-state index >= 15 is 0 Å². The molecule has 0 saturated heterocycles. The van der Waals surface area contributed by atoms with Gasteiger partial charge in [-0.05, 0) is 23.3 Å². The van der Waals surface area contributed by atoms with E-state index in [1.807, 2.05) is 44.2 Å². The first-order valence-corrected chi connectivity index (χ1v) is 6.50. The van der Waals surface area contributed by atoms with Crippen LogP contribution in [0.4, 0.5) is 0 Å². The summed E-state index contributed by atoms with van der Waals surface area (Å²) in [5.74, 6) is -2.48. The lowest BCUT2D eigenvalue weighted by atomic mass is 9.77. The van der Waals surface area contributed by atoms with Crippen molar-refractivity contribution in [2.45, 2.75) is 19.3 Å². The number of carboxylic acids is 2. The topological polar surface area (TPSA) is 74.6 Å². The smallest absolute Gasteiger partial charge is 0.336 e. The summed E-state index contributed by atoms with van der Waals surface area (Å²) in [6.07, 6.45) is 0. The maximum Gasteiger partial charge on any atom is 0.336 e. The van der Waals surface area contributed by atoms with Gasteiger partial charge in [-0.25, -0.2) is 9.59 Å². The molecule has 2 rings (SSSR count). The predicted octanol–water partition coefficient (Wildman–Crippen LogP) is 3.41. The first-order chi connectivity index (χ1) is 9.84. The standard InChI is InChI=1S/C17H16O4/c1-17(2,11-6-4-3-5-7-11)12-8-9-13(15(18)19)14(10-12)16(20)21/h3-10H,1-2H3,(H,18,19)(H,20,21). The molecular weight excluding hydrogens is 268 g/mol. The highest BCUT2D eigenvalue weighted by Crippen LogP contribution is 2.32. The summed E-state index contributed by atoms with van der Waals surface area (Å²) in [5.41, 5.74) is 0.988. The van der Waals surface area contributed by atoms with Gasteiger partial charge in [0.25, 0.3) is 0 Å². The molecule has 0 spiro atoms. The minimum Gasteiger partial charge on any atom is -0.478 e. The molecule has 0 aliphatic carbocycles. The van der Waals surface area contributed by atoms with Crippen LogP contribution in [0.3, 0.4) is 0 Å². The SMILES string of the molecule is CC(C)(c1ccccc1)c1ccc(C(=O)O)c(C(=O)O)c1. The summed E-state index contributed by atoms with van der Waals surface area (Å²) in [7, 11) is 0. The molecule has 0 amide bonds. The van der Waals surface area contributed by atoms with Gasteiger partial charge in [-0.3, -0.25) is 0 Å². The molecule has 4 nitrogen and oxygen atoms in total. The Morgan fingerprint density at radius 1 is 0.810 bits per heavy atom. The number of hydrogen-bond acceptors (Lipinski definition) is 2. The van der Waals surface area contributed by atoms with Crippen molar-refractivity contribution in [2.75, 3.05) is 0 Å². The molecule has 0 aliphatic rings. The summed E-state index contributed by atoms with van der Waals surface area (Å²) in [4.78, 5) is 22.4. The fraction of sp³-hybridized carbons (Fsp3) is 0.176. The van der Waals surface area contributed by atoms with E-state index in [1.54, 1.807) is 6.07 Å². The van der Waals surface area contributed by atoms with Gasteiger partial charge in [0.2, 0.25) is 0 Å². The van der Waals surface area contributed by atoms with E-state index in [2.05, 4.69) is 0 Å². The quantitative estimate of drug-likeness (QED) is 0.902. The van der Waals surface area contributed by atoms with Crippen molar-refractivity contribution in [1.29, 1.82) is 0 Å². The molecular formula is C17H16O4. The van der Waals surface area contributed by atoms with Crippen LogP contribution in [0.25, 0.3) is 0 Å². The number of hydrogen-bond donors (Lipinski definition) is 2. The number of carbonyl (C=O) groups is 2. The summed E-state index contributed by atoms with van der Waals surface area (Å²) in [6, 6.07) is 14.1. The van der Waals surface area contributed by atoms with Crippen molar-refractivity contribution in [1.82, 2.24) is 0 Å². The van der Waals surface area contributed by atoms with Crippen molar-refractivity contribution in [3.05, 3.63) is 70.8 Å². The summed E-state index contributed by atoms with van der Waals surface area (Å²) in [6.45, 7) is 3.95. The van der Waals surface area contributed by atoms with E-state index in [0.717, 1.165) is 11.1 Å². The average molecular weight is 284 g/mol. The van der Waals surface area contributed by atoms with Crippen LogP contribution in [0.15, 0.2) is 48.5 Å². The van der Waals surface area contributed by atoms with E-state index in [9.17, 15) is 14.7 Å². The molecule has 0 fully saturated rings. The number of carboxylic acid groups (broad SMARTS) is 2. The zero-order valence-electron chi connectivity index (χ0n) is 11.8. The molecule has 108 valence electrons. The average Bonchev–Trinajstić information content (AvgIpc) is 2.47. The van der Waals surface area contributed by atoms with Crippen LogP contribution < -0.4 is 0 Å². The Morgan fingerprint density at radius 3 is 1.90 bits per heavy atom. The summed E-state index contributed by atoms with van der Waals surface area (Å²) < 4.78 is 0. The van der Waals surface area contributed by atoms with E-state index in [-0.39, 0.29) is 11.1 Å². The zero-order chi connectivity index (χ0) is 15.6. The van der Waals surface area contributed by atoms with Gasteiger partial charge < -0.3 is 10.2 Å². The Balaban J connectivity index is 2.57. The molecule has 4 heteroatoms. The first kappa shape index (κ1) is 14.8. The van der Waals surface area contributed by atoms with Crippen LogP contribution in [0.5, 0.6) is 0 Å². The molecule has 2 N–H and O–H groups in total. The molecule has 0 unspecified atom stereocenters.